The molecule has 2 aromatic heterocycles. The minimum atomic E-state index is 0.312. The van der Waals surface area contributed by atoms with Gasteiger partial charge in [-0.15, -0.1) is 0 Å². The van der Waals surface area contributed by atoms with Gasteiger partial charge in [-0.2, -0.15) is 0 Å². The van der Waals surface area contributed by atoms with Crippen molar-refractivity contribution in [1.29, 1.82) is 0 Å². The van der Waals surface area contributed by atoms with Crippen LogP contribution in [-0.4, -0.2) is 9.97 Å². The third-order valence-electron chi connectivity index (χ3n) is 10.3. The topological polar surface area (TPSA) is 55.3 Å². The molecule has 2 heterocycles. The van der Waals surface area contributed by atoms with E-state index in [1.165, 1.54) is 5.39 Å². The summed E-state index contributed by atoms with van der Waals surface area (Å²) in [4.78, 5) is 11.6. The zero-order valence-electron chi connectivity index (χ0n) is 31.4. The molecule has 0 radical (unpaired) electrons. The van der Waals surface area contributed by atoms with Crippen molar-refractivity contribution in [3.63, 3.8) is 0 Å². The zero-order valence-corrected chi connectivity index (χ0v) is 29.4. The Morgan fingerprint density at radius 1 is 0.400 bits per heavy atom. The summed E-state index contributed by atoms with van der Waals surface area (Å²) in [5.41, 5.74) is 8.76. The van der Waals surface area contributed by atoms with Gasteiger partial charge in [-0.3, -0.25) is 0 Å². The van der Waals surface area contributed by atoms with Gasteiger partial charge in [0.1, 0.15) is 11.0 Å². The highest BCUT2D eigenvalue weighted by Gasteiger charge is 2.19. The van der Waals surface area contributed by atoms with E-state index in [0.29, 0.717) is 51.5 Å². The first-order valence-corrected chi connectivity index (χ1v) is 18.2. The molecule has 0 atom stereocenters. The van der Waals surface area contributed by atoms with Crippen LogP contribution in [0.1, 0.15) is 2.74 Å². The zero-order chi connectivity index (χ0) is 38.0. The minimum Gasteiger partial charge on any atom is -0.436 e. The minimum absolute atomic E-state index is 0.312. The predicted molar refractivity (Wildman–Crippen MR) is 225 cm³/mol. The number of anilines is 3. The molecule has 0 amide bonds. The van der Waals surface area contributed by atoms with Crippen LogP contribution in [0.15, 0.2) is 197 Å². The molecular weight excluding hydrogens is 675 g/mol. The van der Waals surface area contributed by atoms with E-state index in [1.54, 1.807) is 0 Å². The maximum Gasteiger partial charge on any atom is 0.227 e. The second kappa shape index (κ2) is 12.6. The smallest absolute Gasteiger partial charge is 0.227 e. The second-order valence-corrected chi connectivity index (χ2v) is 13.7. The highest BCUT2D eigenvalue weighted by Crippen LogP contribution is 2.41. The van der Waals surface area contributed by atoms with Crippen molar-refractivity contribution in [1.82, 2.24) is 9.97 Å². The first kappa shape index (κ1) is 29.0. The van der Waals surface area contributed by atoms with Crippen LogP contribution in [0.4, 0.5) is 17.1 Å². The molecule has 9 aromatic carbocycles. The summed E-state index contributed by atoms with van der Waals surface area (Å²) >= 11 is 0. The van der Waals surface area contributed by atoms with E-state index >= 15 is 0 Å². The lowest BCUT2D eigenvalue weighted by Gasteiger charge is -2.25. The Hall–Kier alpha value is -7.50. The third-order valence-corrected chi connectivity index (χ3v) is 10.3. The summed E-state index contributed by atoms with van der Waals surface area (Å²) in [6.07, 6.45) is 0. The first-order valence-electron chi connectivity index (χ1n) is 19.2. The molecule has 0 saturated heterocycles. The monoisotopic (exact) mass is 707 g/mol. The van der Waals surface area contributed by atoms with Crippen molar-refractivity contribution < 1.29 is 11.6 Å². The molecule has 0 aliphatic heterocycles. The van der Waals surface area contributed by atoms with Gasteiger partial charge in [0.05, 0.1) is 2.74 Å². The summed E-state index contributed by atoms with van der Waals surface area (Å²) in [5, 5.41) is 5.98. The lowest BCUT2D eigenvalue weighted by atomic mass is 9.92. The fraction of sp³-hybridized carbons (Fsp3) is 0. The number of benzene rings is 9. The number of rotatable bonds is 6. The summed E-state index contributed by atoms with van der Waals surface area (Å²) in [7, 11) is 0. The standard InChI is InChI=1S/C50H31N3O2/c1-3-11-32(12-4-1)49-51-45-25-23-39(30-47(45)54-49)53(40-24-26-46-48(31-40)55-50(52-46)33-13-5-2-6-14-33)38-22-21-34-27-37(20-19-35(34)28-38)44-29-36-15-7-8-16-41(36)42-17-9-10-18-43(42)44/h1-31H/i19D,21D. The molecule has 5 heteroatoms. The number of oxazole rings is 2. The molecule has 0 bridgehead atoms. The fourth-order valence-electron chi connectivity index (χ4n) is 7.63. The van der Waals surface area contributed by atoms with Crippen LogP contribution in [0, 0.1) is 0 Å². The van der Waals surface area contributed by atoms with E-state index in [-0.39, 0.29) is 0 Å². The van der Waals surface area contributed by atoms with Crippen molar-refractivity contribution in [3.8, 4) is 34.0 Å². The van der Waals surface area contributed by atoms with Crippen LogP contribution < -0.4 is 4.90 Å². The molecule has 0 N–H and O–H groups in total. The van der Waals surface area contributed by atoms with Gasteiger partial charge in [0, 0.05) is 40.3 Å². The summed E-state index contributed by atoms with van der Waals surface area (Å²) in [6.45, 7) is 0. The van der Waals surface area contributed by atoms with E-state index in [9.17, 15) is 2.74 Å². The highest BCUT2D eigenvalue weighted by molar-refractivity contribution is 6.14. The predicted octanol–water partition coefficient (Wildman–Crippen LogP) is 13.9. The quantitative estimate of drug-likeness (QED) is 0.161. The SMILES string of the molecule is [2H]c1cc(N(c2ccc3nc(-c4ccccc4)oc3c2)c2ccc3nc(-c4ccccc4)oc3c2)cc2c([2H])cc(-c3cc4ccccc4c4ccccc34)cc12. The maximum absolute atomic E-state index is 9.47. The van der Waals surface area contributed by atoms with Gasteiger partial charge < -0.3 is 13.7 Å². The van der Waals surface area contributed by atoms with Crippen molar-refractivity contribution >= 4 is 71.6 Å². The lowest BCUT2D eigenvalue weighted by Crippen LogP contribution is -2.09. The van der Waals surface area contributed by atoms with Gasteiger partial charge in [0.2, 0.25) is 11.8 Å². The third kappa shape index (κ3) is 5.41. The molecule has 0 spiro atoms. The van der Waals surface area contributed by atoms with Gasteiger partial charge in [0.15, 0.2) is 11.2 Å². The number of fused-ring (bicyclic) bond motifs is 6. The van der Waals surface area contributed by atoms with Crippen LogP contribution in [0.5, 0.6) is 0 Å². The Bertz CT molecular complexity index is 3220. The summed E-state index contributed by atoms with van der Waals surface area (Å²) in [6, 6.07) is 59.0. The molecule has 55 heavy (non-hydrogen) atoms. The number of aromatic nitrogens is 2. The highest BCUT2D eigenvalue weighted by atomic mass is 16.4. The molecule has 0 aliphatic rings. The molecule has 0 aliphatic carbocycles. The van der Waals surface area contributed by atoms with Crippen LogP contribution in [0.2, 0.25) is 0 Å². The summed E-state index contributed by atoms with van der Waals surface area (Å²) < 4.78 is 31.5. The Balaban J connectivity index is 1.08. The molecule has 5 nitrogen and oxygen atoms in total. The van der Waals surface area contributed by atoms with E-state index in [2.05, 4.69) is 65.6 Å². The Morgan fingerprint density at radius 3 is 1.58 bits per heavy atom. The van der Waals surface area contributed by atoms with Gasteiger partial charge in [-0.25, -0.2) is 9.97 Å². The van der Waals surface area contributed by atoms with Crippen molar-refractivity contribution in [2.45, 2.75) is 0 Å². The maximum atomic E-state index is 9.47. The molecule has 0 fully saturated rings. The van der Waals surface area contributed by atoms with Crippen molar-refractivity contribution in [2.75, 3.05) is 4.90 Å². The number of nitrogens with zero attached hydrogens (tertiary/aromatic N) is 3. The Labute approximate surface area is 319 Å². The normalized spacial score (nSPS) is 12.1. The Morgan fingerprint density at radius 2 is 0.927 bits per heavy atom. The molecule has 0 saturated carbocycles. The fourth-order valence-corrected chi connectivity index (χ4v) is 7.63. The second-order valence-electron chi connectivity index (χ2n) is 13.7. The van der Waals surface area contributed by atoms with Crippen molar-refractivity contribution in [3.05, 3.63) is 188 Å². The van der Waals surface area contributed by atoms with E-state index in [1.807, 2.05) is 115 Å². The Kier molecular flexibility index (Phi) is 6.63. The van der Waals surface area contributed by atoms with Gasteiger partial charge in [-0.1, -0.05) is 103 Å². The van der Waals surface area contributed by atoms with Crippen LogP contribution >= 0.6 is 0 Å². The van der Waals surface area contributed by atoms with Gasteiger partial charge in [-0.05, 0) is 116 Å². The van der Waals surface area contributed by atoms with Crippen molar-refractivity contribution in [2.24, 2.45) is 0 Å². The molecule has 11 aromatic rings. The molecule has 0 unspecified atom stereocenters. The lowest BCUT2D eigenvalue weighted by molar-refractivity contribution is 0.620. The largest absolute Gasteiger partial charge is 0.436 e. The molecule has 11 rings (SSSR count). The van der Waals surface area contributed by atoms with Crippen LogP contribution in [-0.2, 0) is 0 Å². The number of hydrogen-bond acceptors (Lipinski definition) is 5. The number of hydrogen-bond donors (Lipinski definition) is 0. The van der Waals surface area contributed by atoms with E-state index in [0.717, 1.165) is 60.8 Å². The first-order chi connectivity index (χ1) is 28.0. The molecule has 258 valence electrons. The summed E-state index contributed by atoms with van der Waals surface area (Å²) in [5.74, 6) is 1.08. The molecular formula is C50H31N3O2. The van der Waals surface area contributed by atoms with Gasteiger partial charge in [0.25, 0.3) is 0 Å². The average molecular weight is 708 g/mol. The van der Waals surface area contributed by atoms with E-state index in [4.69, 9.17) is 18.8 Å². The average Bonchev–Trinajstić information content (AvgIpc) is 3.89. The van der Waals surface area contributed by atoms with Crippen LogP contribution in [0.3, 0.4) is 0 Å². The van der Waals surface area contributed by atoms with Gasteiger partial charge >= 0.3 is 0 Å². The van der Waals surface area contributed by atoms with E-state index < -0.39 is 0 Å². The van der Waals surface area contributed by atoms with Crippen LogP contribution in [0.25, 0.3) is 88.6 Å².